The molecule has 2 heterocycles. The van der Waals surface area contributed by atoms with Crippen LogP contribution in [0.3, 0.4) is 0 Å². The molecular weight excluding hydrogens is 366 g/mol. The Morgan fingerprint density at radius 2 is 1.79 bits per heavy atom. The van der Waals surface area contributed by atoms with Crippen LogP contribution in [-0.4, -0.2) is 26.6 Å². The quantitative estimate of drug-likeness (QED) is 0.549. The average molecular weight is 385 g/mol. The van der Waals surface area contributed by atoms with E-state index in [-0.39, 0.29) is 5.91 Å². The van der Waals surface area contributed by atoms with Crippen molar-refractivity contribution in [3.05, 3.63) is 78.0 Å². The number of anilines is 1. The zero-order valence-electron chi connectivity index (χ0n) is 15.8. The SMILES string of the molecule is CCn1ncc2c(C(=O)Nc3ccc(C(N)=O)cc3)cc(-c3ccccc3)nc21. The maximum absolute atomic E-state index is 13.1. The molecule has 3 N–H and O–H groups in total. The van der Waals surface area contributed by atoms with E-state index in [4.69, 9.17) is 10.7 Å². The number of carbonyl (C=O) groups excluding carboxylic acids is 2. The van der Waals surface area contributed by atoms with E-state index in [1.54, 1.807) is 41.2 Å². The highest BCUT2D eigenvalue weighted by Crippen LogP contribution is 2.25. The number of nitrogens with two attached hydrogens (primary N) is 1. The number of nitrogens with one attached hydrogen (secondary N) is 1. The number of nitrogens with zero attached hydrogens (tertiary/aromatic N) is 3. The number of amides is 2. The van der Waals surface area contributed by atoms with Gasteiger partial charge in [-0.05, 0) is 37.3 Å². The van der Waals surface area contributed by atoms with Gasteiger partial charge in [0.1, 0.15) is 0 Å². The highest BCUT2D eigenvalue weighted by molar-refractivity contribution is 6.12. The Morgan fingerprint density at radius 3 is 2.45 bits per heavy atom. The molecule has 2 aromatic carbocycles. The third-order valence-electron chi connectivity index (χ3n) is 4.65. The van der Waals surface area contributed by atoms with Crippen molar-refractivity contribution in [1.82, 2.24) is 14.8 Å². The first-order chi connectivity index (χ1) is 14.1. The van der Waals surface area contributed by atoms with Gasteiger partial charge in [-0.1, -0.05) is 30.3 Å². The molecule has 7 nitrogen and oxygen atoms in total. The van der Waals surface area contributed by atoms with Crippen molar-refractivity contribution in [2.75, 3.05) is 5.32 Å². The minimum absolute atomic E-state index is 0.281. The number of carbonyl (C=O) groups is 2. The van der Waals surface area contributed by atoms with Crippen LogP contribution in [0.5, 0.6) is 0 Å². The first kappa shape index (κ1) is 18.4. The number of benzene rings is 2. The van der Waals surface area contributed by atoms with Gasteiger partial charge in [-0.2, -0.15) is 5.10 Å². The summed E-state index contributed by atoms with van der Waals surface area (Å²) in [5, 5.41) is 7.90. The lowest BCUT2D eigenvalue weighted by molar-refractivity contribution is 0.0998. The molecule has 0 aliphatic heterocycles. The number of fused-ring (bicyclic) bond motifs is 1. The summed E-state index contributed by atoms with van der Waals surface area (Å²) in [6, 6.07) is 17.9. The molecule has 0 radical (unpaired) electrons. The molecule has 4 rings (SSSR count). The fourth-order valence-electron chi connectivity index (χ4n) is 3.14. The second-order valence-electron chi connectivity index (χ2n) is 6.51. The highest BCUT2D eigenvalue weighted by Gasteiger charge is 2.17. The number of pyridine rings is 1. The van der Waals surface area contributed by atoms with E-state index < -0.39 is 5.91 Å². The maximum Gasteiger partial charge on any atom is 0.256 e. The first-order valence-electron chi connectivity index (χ1n) is 9.20. The Hall–Kier alpha value is -4.00. The van der Waals surface area contributed by atoms with Crippen molar-refractivity contribution < 1.29 is 9.59 Å². The van der Waals surface area contributed by atoms with Gasteiger partial charge >= 0.3 is 0 Å². The first-order valence-corrected chi connectivity index (χ1v) is 9.20. The summed E-state index contributed by atoms with van der Waals surface area (Å²) in [6.45, 7) is 2.62. The number of hydrogen-bond donors (Lipinski definition) is 2. The molecule has 144 valence electrons. The average Bonchev–Trinajstić information content (AvgIpc) is 3.17. The summed E-state index contributed by atoms with van der Waals surface area (Å²) >= 11 is 0. The number of primary amides is 1. The number of rotatable bonds is 5. The van der Waals surface area contributed by atoms with Crippen LogP contribution in [0.2, 0.25) is 0 Å². The summed E-state index contributed by atoms with van der Waals surface area (Å²) in [7, 11) is 0. The maximum atomic E-state index is 13.1. The summed E-state index contributed by atoms with van der Waals surface area (Å²) in [6.07, 6.45) is 1.66. The van der Waals surface area contributed by atoms with Gasteiger partial charge < -0.3 is 11.1 Å². The molecule has 0 bridgehead atoms. The zero-order chi connectivity index (χ0) is 20.4. The van der Waals surface area contributed by atoms with E-state index in [0.29, 0.717) is 40.1 Å². The standard InChI is InChI=1S/C22H19N5O2/c1-2-27-21-18(13-24-27)17(12-19(26-21)14-6-4-3-5-7-14)22(29)25-16-10-8-15(9-11-16)20(23)28/h3-13H,2H2,1H3,(H2,23,28)(H,25,29). The lowest BCUT2D eigenvalue weighted by Crippen LogP contribution is -2.14. The molecule has 0 fully saturated rings. The molecule has 4 aromatic rings. The molecule has 0 saturated heterocycles. The predicted molar refractivity (Wildman–Crippen MR) is 112 cm³/mol. The Bertz CT molecular complexity index is 1200. The van der Waals surface area contributed by atoms with Crippen molar-refractivity contribution in [1.29, 1.82) is 0 Å². The fourth-order valence-corrected chi connectivity index (χ4v) is 3.14. The molecule has 0 atom stereocenters. The van der Waals surface area contributed by atoms with E-state index in [0.717, 1.165) is 5.56 Å². The second kappa shape index (κ2) is 7.55. The molecule has 2 aromatic heterocycles. The van der Waals surface area contributed by atoms with E-state index in [1.165, 1.54) is 0 Å². The molecule has 0 unspecified atom stereocenters. The van der Waals surface area contributed by atoms with Crippen LogP contribution < -0.4 is 11.1 Å². The highest BCUT2D eigenvalue weighted by atomic mass is 16.2. The Morgan fingerprint density at radius 1 is 1.07 bits per heavy atom. The lowest BCUT2D eigenvalue weighted by Gasteiger charge is -2.10. The number of hydrogen-bond acceptors (Lipinski definition) is 4. The van der Waals surface area contributed by atoms with Gasteiger partial charge in [0.05, 0.1) is 22.8 Å². The van der Waals surface area contributed by atoms with Gasteiger partial charge in [0.2, 0.25) is 5.91 Å². The van der Waals surface area contributed by atoms with E-state index >= 15 is 0 Å². The molecule has 0 aliphatic rings. The van der Waals surface area contributed by atoms with Gasteiger partial charge in [-0.15, -0.1) is 0 Å². The second-order valence-corrected chi connectivity index (χ2v) is 6.51. The third-order valence-corrected chi connectivity index (χ3v) is 4.65. The van der Waals surface area contributed by atoms with Gasteiger partial charge in [-0.3, -0.25) is 9.59 Å². The van der Waals surface area contributed by atoms with Crippen LogP contribution in [0, 0.1) is 0 Å². The van der Waals surface area contributed by atoms with Crippen LogP contribution in [0.15, 0.2) is 66.9 Å². The number of aryl methyl sites for hydroxylation is 1. The van der Waals surface area contributed by atoms with Gasteiger partial charge in [-0.25, -0.2) is 9.67 Å². The van der Waals surface area contributed by atoms with Crippen LogP contribution in [0.4, 0.5) is 5.69 Å². The summed E-state index contributed by atoms with van der Waals surface area (Å²) in [5.41, 5.74) is 8.95. The molecule has 0 spiro atoms. The smallest absolute Gasteiger partial charge is 0.256 e. The van der Waals surface area contributed by atoms with Crippen molar-refractivity contribution in [2.45, 2.75) is 13.5 Å². The predicted octanol–water partition coefficient (Wildman–Crippen LogP) is 3.47. The fraction of sp³-hybridized carbons (Fsp3) is 0.0909. The van der Waals surface area contributed by atoms with Gasteiger partial charge in [0, 0.05) is 23.4 Å². The van der Waals surface area contributed by atoms with Gasteiger partial charge in [0.15, 0.2) is 5.65 Å². The van der Waals surface area contributed by atoms with Crippen LogP contribution >= 0.6 is 0 Å². The monoisotopic (exact) mass is 385 g/mol. The minimum Gasteiger partial charge on any atom is -0.366 e. The minimum atomic E-state index is -0.516. The largest absolute Gasteiger partial charge is 0.366 e. The van der Waals surface area contributed by atoms with Crippen LogP contribution in [0.1, 0.15) is 27.6 Å². The van der Waals surface area contributed by atoms with Gasteiger partial charge in [0.25, 0.3) is 5.91 Å². The van der Waals surface area contributed by atoms with Crippen molar-refractivity contribution in [3.8, 4) is 11.3 Å². The van der Waals surface area contributed by atoms with Crippen LogP contribution in [0.25, 0.3) is 22.3 Å². The van der Waals surface area contributed by atoms with Crippen molar-refractivity contribution >= 4 is 28.5 Å². The normalized spacial score (nSPS) is 10.8. The molecule has 2 amide bonds. The summed E-state index contributed by atoms with van der Waals surface area (Å²) in [4.78, 5) is 29.0. The zero-order valence-corrected chi connectivity index (χ0v) is 15.8. The number of aromatic nitrogens is 3. The van der Waals surface area contributed by atoms with E-state index in [2.05, 4.69) is 10.4 Å². The summed E-state index contributed by atoms with van der Waals surface area (Å²) in [5.74, 6) is -0.796. The van der Waals surface area contributed by atoms with E-state index in [9.17, 15) is 9.59 Å². The molecule has 29 heavy (non-hydrogen) atoms. The third kappa shape index (κ3) is 3.58. The molecular formula is C22H19N5O2. The molecule has 0 aliphatic carbocycles. The lowest BCUT2D eigenvalue weighted by atomic mass is 10.1. The Kier molecular flexibility index (Phi) is 4.78. The Labute approximate surface area is 167 Å². The van der Waals surface area contributed by atoms with Crippen molar-refractivity contribution in [2.24, 2.45) is 5.73 Å². The Balaban J connectivity index is 1.76. The summed E-state index contributed by atoms with van der Waals surface area (Å²) < 4.78 is 1.76. The van der Waals surface area contributed by atoms with E-state index in [1.807, 2.05) is 37.3 Å². The topological polar surface area (TPSA) is 103 Å². The molecule has 0 saturated carbocycles. The van der Waals surface area contributed by atoms with Crippen LogP contribution in [-0.2, 0) is 6.54 Å². The van der Waals surface area contributed by atoms with Crippen molar-refractivity contribution in [3.63, 3.8) is 0 Å². The molecule has 7 heteroatoms.